The number of hydrogen-bond acceptors (Lipinski definition) is 1. The summed E-state index contributed by atoms with van der Waals surface area (Å²) >= 11 is 0. The molecule has 1 saturated carbocycles. The van der Waals surface area contributed by atoms with Crippen LogP contribution in [-0.2, 0) is 0 Å². The topological polar surface area (TPSA) is 20.2 Å². The van der Waals surface area contributed by atoms with Crippen LogP contribution in [0.3, 0.4) is 0 Å². The molecular weight excluding hydrogens is 234 g/mol. The first-order valence-corrected chi connectivity index (χ1v) is 6.47. The molecule has 1 nitrogen and oxygen atoms in total. The van der Waals surface area contributed by atoms with Crippen LogP contribution in [0.25, 0.3) is 6.08 Å². The molecule has 1 aromatic carbocycles. The number of benzene rings is 1. The van der Waals surface area contributed by atoms with Crippen molar-refractivity contribution in [2.75, 3.05) is 6.61 Å². The minimum atomic E-state index is -0.843. The zero-order valence-electron chi connectivity index (χ0n) is 10.3. The van der Waals surface area contributed by atoms with Crippen molar-refractivity contribution < 1.29 is 13.9 Å². The van der Waals surface area contributed by atoms with E-state index in [-0.39, 0.29) is 6.61 Å². The first kappa shape index (κ1) is 13.2. The molecule has 1 fully saturated rings. The molecule has 0 unspecified atom stereocenters. The van der Waals surface area contributed by atoms with Crippen molar-refractivity contribution in [1.82, 2.24) is 0 Å². The van der Waals surface area contributed by atoms with Gasteiger partial charge < -0.3 is 5.11 Å². The average molecular weight is 252 g/mol. The lowest BCUT2D eigenvalue weighted by atomic mass is 9.83. The van der Waals surface area contributed by atoms with Gasteiger partial charge in [-0.1, -0.05) is 31.4 Å². The van der Waals surface area contributed by atoms with E-state index < -0.39 is 11.6 Å². The second-order valence-electron chi connectivity index (χ2n) is 4.89. The average Bonchev–Trinajstić information content (AvgIpc) is 2.41. The first-order valence-electron chi connectivity index (χ1n) is 6.47. The third-order valence-corrected chi connectivity index (χ3v) is 3.61. The maximum absolute atomic E-state index is 13.1. The molecule has 18 heavy (non-hydrogen) atoms. The highest BCUT2D eigenvalue weighted by molar-refractivity contribution is 5.53. The van der Waals surface area contributed by atoms with Gasteiger partial charge in [0.05, 0.1) is 6.61 Å². The summed E-state index contributed by atoms with van der Waals surface area (Å²) in [5, 5.41) is 9.43. The molecule has 0 amide bonds. The maximum Gasteiger partial charge on any atom is 0.159 e. The minimum absolute atomic E-state index is 0.0103. The quantitative estimate of drug-likeness (QED) is 0.864. The standard InChI is InChI=1S/C15H18F2O/c16-14-7-6-11(9-15(14)17)8-13(10-18)12-4-2-1-3-5-12/h6-9,12,18H,1-5,10H2. The summed E-state index contributed by atoms with van der Waals surface area (Å²) in [5.41, 5.74) is 1.55. The second kappa shape index (κ2) is 6.10. The van der Waals surface area contributed by atoms with Gasteiger partial charge in [-0.25, -0.2) is 8.78 Å². The van der Waals surface area contributed by atoms with Crippen LogP contribution in [0.1, 0.15) is 37.7 Å². The molecule has 0 bridgehead atoms. The predicted molar refractivity (Wildman–Crippen MR) is 68.0 cm³/mol. The Bertz CT molecular complexity index is 434. The lowest BCUT2D eigenvalue weighted by molar-refractivity contribution is 0.295. The third-order valence-electron chi connectivity index (χ3n) is 3.61. The summed E-state index contributed by atoms with van der Waals surface area (Å²) in [6.07, 6.45) is 7.56. The molecule has 0 saturated heterocycles. The van der Waals surface area contributed by atoms with Gasteiger partial charge in [0.1, 0.15) is 0 Å². The van der Waals surface area contributed by atoms with Crippen LogP contribution in [0.4, 0.5) is 8.78 Å². The third kappa shape index (κ3) is 3.16. The van der Waals surface area contributed by atoms with E-state index in [0.717, 1.165) is 24.5 Å². The van der Waals surface area contributed by atoms with Crippen LogP contribution < -0.4 is 0 Å². The fourth-order valence-corrected chi connectivity index (χ4v) is 2.58. The van der Waals surface area contributed by atoms with Gasteiger partial charge in [-0.2, -0.15) is 0 Å². The molecular formula is C15H18F2O. The Hall–Kier alpha value is -1.22. The zero-order chi connectivity index (χ0) is 13.0. The van der Waals surface area contributed by atoms with E-state index in [0.29, 0.717) is 11.5 Å². The maximum atomic E-state index is 13.1. The van der Waals surface area contributed by atoms with Gasteiger partial charge in [-0.3, -0.25) is 0 Å². The molecule has 0 aromatic heterocycles. The Morgan fingerprint density at radius 2 is 1.89 bits per heavy atom. The van der Waals surface area contributed by atoms with Crippen molar-refractivity contribution in [1.29, 1.82) is 0 Å². The lowest BCUT2D eigenvalue weighted by Crippen LogP contribution is -2.11. The van der Waals surface area contributed by atoms with Crippen LogP contribution in [0, 0.1) is 17.6 Å². The predicted octanol–water partition coefficient (Wildman–Crippen LogP) is 3.92. The van der Waals surface area contributed by atoms with Crippen molar-refractivity contribution in [3.05, 3.63) is 41.0 Å². The molecule has 1 aliphatic carbocycles. The van der Waals surface area contributed by atoms with E-state index in [2.05, 4.69) is 0 Å². The second-order valence-corrected chi connectivity index (χ2v) is 4.89. The van der Waals surface area contributed by atoms with Gasteiger partial charge in [0.15, 0.2) is 11.6 Å². The highest BCUT2D eigenvalue weighted by Crippen LogP contribution is 2.30. The number of aliphatic hydroxyl groups excluding tert-OH is 1. The Morgan fingerprint density at radius 1 is 1.17 bits per heavy atom. The van der Waals surface area contributed by atoms with Gasteiger partial charge in [0.2, 0.25) is 0 Å². The molecule has 0 atom stereocenters. The van der Waals surface area contributed by atoms with Crippen LogP contribution in [0.2, 0.25) is 0 Å². The Balaban J connectivity index is 2.19. The van der Waals surface area contributed by atoms with Gasteiger partial charge in [0, 0.05) is 0 Å². The first-order chi connectivity index (χ1) is 8.70. The van der Waals surface area contributed by atoms with Crippen molar-refractivity contribution in [3.8, 4) is 0 Å². The molecule has 3 heteroatoms. The van der Waals surface area contributed by atoms with Crippen molar-refractivity contribution in [2.24, 2.45) is 5.92 Å². The van der Waals surface area contributed by atoms with Crippen molar-refractivity contribution in [3.63, 3.8) is 0 Å². The van der Waals surface area contributed by atoms with Crippen LogP contribution >= 0.6 is 0 Å². The van der Waals surface area contributed by atoms with Gasteiger partial charge in [0.25, 0.3) is 0 Å². The Labute approximate surface area is 106 Å². The zero-order valence-corrected chi connectivity index (χ0v) is 10.3. The largest absolute Gasteiger partial charge is 0.392 e. The van der Waals surface area contributed by atoms with Gasteiger partial charge >= 0.3 is 0 Å². The molecule has 0 heterocycles. The molecule has 1 aromatic rings. The van der Waals surface area contributed by atoms with Crippen LogP contribution in [0.5, 0.6) is 0 Å². The number of halogens is 2. The minimum Gasteiger partial charge on any atom is -0.392 e. The summed E-state index contributed by atoms with van der Waals surface area (Å²) in [7, 11) is 0. The van der Waals surface area contributed by atoms with Crippen LogP contribution in [-0.4, -0.2) is 11.7 Å². The molecule has 0 spiro atoms. The van der Waals surface area contributed by atoms with Crippen molar-refractivity contribution in [2.45, 2.75) is 32.1 Å². The Morgan fingerprint density at radius 3 is 2.50 bits per heavy atom. The SMILES string of the molecule is OCC(=Cc1ccc(F)c(F)c1)C1CCCCC1. The molecule has 1 N–H and O–H groups in total. The molecule has 0 aliphatic heterocycles. The Kier molecular flexibility index (Phi) is 4.48. The fourth-order valence-electron chi connectivity index (χ4n) is 2.58. The van der Waals surface area contributed by atoms with E-state index in [1.807, 2.05) is 0 Å². The van der Waals surface area contributed by atoms with E-state index in [4.69, 9.17) is 0 Å². The summed E-state index contributed by atoms with van der Waals surface area (Å²) in [6.45, 7) is -0.0103. The normalized spacial score (nSPS) is 18.1. The number of hydrogen-bond donors (Lipinski definition) is 1. The molecule has 1 aliphatic rings. The molecule has 98 valence electrons. The van der Waals surface area contributed by atoms with Gasteiger partial charge in [-0.15, -0.1) is 0 Å². The summed E-state index contributed by atoms with van der Waals surface area (Å²) in [5.74, 6) is -1.29. The van der Waals surface area contributed by atoms with E-state index in [1.54, 1.807) is 6.08 Å². The number of aliphatic hydroxyl groups is 1. The van der Waals surface area contributed by atoms with Gasteiger partial charge in [-0.05, 0) is 42.0 Å². The highest BCUT2D eigenvalue weighted by Gasteiger charge is 2.17. The van der Waals surface area contributed by atoms with Crippen LogP contribution in [0.15, 0.2) is 23.8 Å². The summed E-state index contributed by atoms with van der Waals surface area (Å²) in [4.78, 5) is 0. The number of rotatable bonds is 3. The van der Waals surface area contributed by atoms with E-state index in [9.17, 15) is 13.9 Å². The monoisotopic (exact) mass is 252 g/mol. The van der Waals surface area contributed by atoms with E-state index >= 15 is 0 Å². The molecule has 2 rings (SSSR count). The highest BCUT2D eigenvalue weighted by atomic mass is 19.2. The lowest BCUT2D eigenvalue weighted by Gasteiger charge is -2.23. The summed E-state index contributed by atoms with van der Waals surface area (Å²) in [6, 6.07) is 3.84. The fraction of sp³-hybridized carbons (Fsp3) is 0.467. The van der Waals surface area contributed by atoms with E-state index in [1.165, 1.54) is 31.4 Å². The summed E-state index contributed by atoms with van der Waals surface area (Å²) < 4.78 is 25.9. The smallest absolute Gasteiger partial charge is 0.159 e. The molecule has 0 radical (unpaired) electrons. The van der Waals surface area contributed by atoms with Crippen molar-refractivity contribution >= 4 is 6.08 Å².